The minimum absolute atomic E-state index is 0.193. The first-order valence-corrected chi connectivity index (χ1v) is 6.64. The standard InChI is InChI=1S/C9H18Br2O/c1-2-3-4-5-6-9(12)8(11)7-10/h8-9,12H,2-7H2,1H3. The Hall–Kier alpha value is 0.920. The van der Waals surface area contributed by atoms with Gasteiger partial charge in [0, 0.05) is 5.33 Å². The first-order valence-electron chi connectivity index (χ1n) is 4.60. The van der Waals surface area contributed by atoms with Crippen LogP contribution in [0.3, 0.4) is 0 Å². The molecule has 0 amide bonds. The number of aliphatic hydroxyl groups is 1. The quantitative estimate of drug-likeness (QED) is 0.564. The van der Waals surface area contributed by atoms with Crippen LogP contribution in [0.15, 0.2) is 0 Å². The SMILES string of the molecule is CCCCCCC(O)C(Br)CBr. The Labute approximate surface area is 92.2 Å². The first kappa shape index (κ1) is 12.9. The predicted molar refractivity (Wildman–Crippen MR) is 61.3 cm³/mol. The molecule has 0 saturated heterocycles. The molecular formula is C9H18Br2O. The van der Waals surface area contributed by atoms with Crippen LogP contribution in [-0.4, -0.2) is 21.4 Å². The summed E-state index contributed by atoms with van der Waals surface area (Å²) in [6.45, 7) is 2.20. The van der Waals surface area contributed by atoms with E-state index in [4.69, 9.17) is 0 Å². The molecule has 0 heterocycles. The lowest BCUT2D eigenvalue weighted by molar-refractivity contribution is 0.165. The van der Waals surface area contributed by atoms with Gasteiger partial charge < -0.3 is 5.11 Å². The van der Waals surface area contributed by atoms with Gasteiger partial charge in [-0.1, -0.05) is 64.5 Å². The third-order valence-corrected chi connectivity index (χ3v) is 4.42. The van der Waals surface area contributed by atoms with E-state index in [2.05, 4.69) is 38.8 Å². The maximum Gasteiger partial charge on any atom is 0.0673 e. The molecule has 2 unspecified atom stereocenters. The molecule has 0 aromatic heterocycles. The predicted octanol–water partition coefficient (Wildman–Crippen LogP) is 3.48. The van der Waals surface area contributed by atoms with Gasteiger partial charge in [0.25, 0.3) is 0 Å². The fourth-order valence-electron chi connectivity index (χ4n) is 1.06. The molecule has 0 bridgehead atoms. The Morgan fingerprint density at radius 3 is 2.42 bits per heavy atom. The van der Waals surface area contributed by atoms with Gasteiger partial charge in [-0.2, -0.15) is 0 Å². The fourth-order valence-corrected chi connectivity index (χ4v) is 1.76. The molecule has 2 atom stereocenters. The molecule has 12 heavy (non-hydrogen) atoms. The zero-order valence-electron chi connectivity index (χ0n) is 7.60. The van der Waals surface area contributed by atoms with Crippen LogP contribution in [0.25, 0.3) is 0 Å². The lowest BCUT2D eigenvalue weighted by Crippen LogP contribution is -2.21. The molecule has 0 fully saturated rings. The lowest BCUT2D eigenvalue weighted by atomic mass is 10.1. The Morgan fingerprint density at radius 1 is 1.25 bits per heavy atom. The van der Waals surface area contributed by atoms with Crippen molar-refractivity contribution in [3.8, 4) is 0 Å². The van der Waals surface area contributed by atoms with Gasteiger partial charge in [-0.3, -0.25) is 0 Å². The summed E-state index contributed by atoms with van der Waals surface area (Å²) in [5, 5.41) is 10.4. The van der Waals surface area contributed by atoms with E-state index in [0.717, 1.165) is 18.2 Å². The molecular weight excluding hydrogens is 284 g/mol. The summed E-state index contributed by atoms with van der Waals surface area (Å²) in [4.78, 5) is 0.208. The zero-order valence-corrected chi connectivity index (χ0v) is 10.8. The van der Waals surface area contributed by atoms with Gasteiger partial charge in [0.2, 0.25) is 0 Å². The smallest absolute Gasteiger partial charge is 0.0673 e. The number of alkyl halides is 2. The fraction of sp³-hybridized carbons (Fsp3) is 1.00. The molecule has 0 aliphatic carbocycles. The summed E-state index contributed by atoms with van der Waals surface area (Å²) in [6.07, 6.45) is 5.66. The van der Waals surface area contributed by atoms with Gasteiger partial charge in [-0.15, -0.1) is 0 Å². The summed E-state index contributed by atoms with van der Waals surface area (Å²) in [5.41, 5.74) is 0. The number of halogens is 2. The largest absolute Gasteiger partial charge is 0.392 e. The van der Waals surface area contributed by atoms with E-state index in [-0.39, 0.29) is 10.9 Å². The second-order valence-electron chi connectivity index (χ2n) is 3.09. The van der Waals surface area contributed by atoms with E-state index < -0.39 is 0 Å². The highest BCUT2D eigenvalue weighted by Crippen LogP contribution is 2.15. The average Bonchev–Trinajstić information content (AvgIpc) is 2.10. The van der Waals surface area contributed by atoms with E-state index in [9.17, 15) is 5.11 Å². The Morgan fingerprint density at radius 2 is 1.92 bits per heavy atom. The van der Waals surface area contributed by atoms with Crippen molar-refractivity contribution in [2.75, 3.05) is 5.33 Å². The van der Waals surface area contributed by atoms with Gasteiger partial charge in [-0.05, 0) is 6.42 Å². The van der Waals surface area contributed by atoms with Crippen molar-refractivity contribution in [3.63, 3.8) is 0 Å². The lowest BCUT2D eigenvalue weighted by Gasteiger charge is -2.14. The van der Waals surface area contributed by atoms with Crippen LogP contribution in [0, 0.1) is 0 Å². The van der Waals surface area contributed by atoms with Crippen molar-refractivity contribution in [1.29, 1.82) is 0 Å². The molecule has 0 spiro atoms. The van der Waals surface area contributed by atoms with Crippen LogP contribution >= 0.6 is 31.9 Å². The minimum atomic E-state index is -0.193. The third-order valence-electron chi connectivity index (χ3n) is 1.92. The van der Waals surface area contributed by atoms with Crippen molar-refractivity contribution < 1.29 is 5.11 Å². The maximum absolute atomic E-state index is 9.54. The van der Waals surface area contributed by atoms with E-state index in [0.29, 0.717) is 0 Å². The second-order valence-corrected chi connectivity index (χ2v) is 4.91. The van der Waals surface area contributed by atoms with Gasteiger partial charge >= 0.3 is 0 Å². The highest BCUT2D eigenvalue weighted by atomic mass is 79.9. The van der Waals surface area contributed by atoms with Crippen molar-refractivity contribution in [3.05, 3.63) is 0 Å². The minimum Gasteiger partial charge on any atom is -0.392 e. The van der Waals surface area contributed by atoms with Crippen molar-refractivity contribution in [1.82, 2.24) is 0 Å². The Balaban J connectivity index is 3.24. The van der Waals surface area contributed by atoms with Gasteiger partial charge in [0.05, 0.1) is 10.9 Å². The molecule has 0 aliphatic heterocycles. The number of unbranched alkanes of at least 4 members (excludes halogenated alkanes) is 3. The van der Waals surface area contributed by atoms with Crippen molar-refractivity contribution in [2.24, 2.45) is 0 Å². The second kappa shape index (κ2) is 8.52. The van der Waals surface area contributed by atoms with Crippen LogP contribution in [0.2, 0.25) is 0 Å². The van der Waals surface area contributed by atoms with Gasteiger partial charge in [0.15, 0.2) is 0 Å². The Bertz CT molecular complexity index is 98.5. The summed E-state index contributed by atoms with van der Waals surface area (Å²) >= 11 is 6.75. The molecule has 0 saturated carbocycles. The monoisotopic (exact) mass is 300 g/mol. The number of hydrogen-bond acceptors (Lipinski definition) is 1. The zero-order chi connectivity index (χ0) is 9.40. The maximum atomic E-state index is 9.54. The van der Waals surface area contributed by atoms with Crippen LogP contribution in [-0.2, 0) is 0 Å². The number of aliphatic hydroxyl groups excluding tert-OH is 1. The molecule has 1 N–H and O–H groups in total. The molecule has 0 rings (SSSR count). The van der Waals surface area contributed by atoms with E-state index in [1.807, 2.05) is 0 Å². The van der Waals surface area contributed by atoms with Crippen LogP contribution in [0.5, 0.6) is 0 Å². The van der Waals surface area contributed by atoms with E-state index in [1.54, 1.807) is 0 Å². The van der Waals surface area contributed by atoms with Crippen LogP contribution in [0.1, 0.15) is 39.0 Å². The van der Waals surface area contributed by atoms with Crippen LogP contribution in [0.4, 0.5) is 0 Å². The molecule has 0 aliphatic rings. The molecule has 3 heteroatoms. The molecule has 74 valence electrons. The van der Waals surface area contributed by atoms with Gasteiger partial charge in [-0.25, -0.2) is 0 Å². The third kappa shape index (κ3) is 6.44. The summed E-state index contributed by atoms with van der Waals surface area (Å²) < 4.78 is 0. The highest BCUT2D eigenvalue weighted by Gasteiger charge is 2.13. The molecule has 0 aromatic rings. The summed E-state index contributed by atoms with van der Waals surface area (Å²) in [5.74, 6) is 0. The first-order chi connectivity index (χ1) is 5.72. The topological polar surface area (TPSA) is 20.2 Å². The van der Waals surface area contributed by atoms with E-state index in [1.165, 1.54) is 19.3 Å². The molecule has 0 radical (unpaired) electrons. The number of rotatable bonds is 7. The summed E-state index contributed by atoms with van der Waals surface area (Å²) in [7, 11) is 0. The molecule has 0 aromatic carbocycles. The average molecular weight is 302 g/mol. The molecule has 1 nitrogen and oxygen atoms in total. The van der Waals surface area contributed by atoms with Crippen molar-refractivity contribution >= 4 is 31.9 Å². The highest BCUT2D eigenvalue weighted by molar-refractivity contribution is 9.12. The summed E-state index contributed by atoms with van der Waals surface area (Å²) in [6, 6.07) is 0. The van der Waals surface area contributed by atoms with Crippen molar-refractivity contribution in [2.45, 2.75) is 50.0 Å². The Kier molecular flexibility index (Phi) is 9.17. The van der Waals surface area contributed by atoms with E-state index >= 15 is 0 Å². The normalized spacial score (nSPS) is 16.0. The number of hydrogen-bond donors (Lipinski definition) is 1. The van der Waals surface area contributed by atoms with Gasteiger partial charge in [0.1, 0.15) is 0 Å². The van der Waals surface area contributed by atoms with Crippen LogP contribution < -0.4 is 0 Å².